The second-order valence-corrected chi connectivity index (χ2v) is 4.75. The van der Waals surface area contributed by atoms with E-state index in [0.29, 0.717) is 17.9 Å². The molecule has 0 aliphatic heterocycles. The zero-order chi connectivity index (χ0) is 14.5. The number of nitrogens with zero attached hydrogens (tertiary/aromatic N) is 2. The molecule has 1 N–H and O–H groups in total. The Balaban J connectivity index is 1.86. The number of ether oxygens (including phenoxy) is 1. The lowest BCUT2D eigenvalue weighted by Crippen LogP contribution is -2.33. The van der Waals surface area contributed by atoms with E-state index in [0.717, 1.165) is 5.69 Å². The van der Waals surface area contributed by atoms with Crippen LogP contribution in [-0.2, 0) is 7.05 Å². The van der Waals surface area contributed by atoms with Crippen LogP contribution in [0.25, 0.3) is 0 Å². The summed E-state index contributed by atoms with van der Waals surface area (Å²) in [5, 5.41) is 2.88. The van der Waals surface area contributed by atoms with Crippen molar-refractivity contribution in [1.82, 2.24) is 14.9 Å². The molecule has 0 bridgehead atoms. The first-order valence-corrected chi connectivity index (χ1v) is 6.54. The zero-order valence-corrected chi connectivity index (χ0v) is 12.0. The van der Waals surface area contributed by atoms with Crippen LogP contribution < -0.4 is 10.1 Å². The fraction of sp³-hybridized carbons (Fsp3) is 0.333. The quantitative estimate of drug-likeness (QED) is 0.905. The van der Waals surface area contributed by atoms with E-state index < -0.39 is 0 Å². The number of hydrogen-bond donors (Lipinski definition) is 1. The Morgan fingerprint density at radius 1 is 1.50 bits per heavy atom. The SMILES string of the molecule is Cc1c(C(=O)NCC(C)Oc2cccnc2)ccn1C. The Morgan fingerprint density at radius 3 is 2.90 bits per heavy atom. The number of amides is 1. The van der Waals surface area contributed by atoms with Gasteiger partial charge in [-0.1, -0.05) is 0 Å². The second-order valence-electron chi connectivity index (χ2n) is 4.75. The van der Waals surface area contributed by atoms with E-state index in [1.54, 1.807) is 12.4 Å². The molecule has 1 unspecified atom stereocenters. The van der Waals surface area contributed by atoms with Crippen LogP contribution in [0.15, 0.2) is 36.8 Å². The Kier molecular flexibility index (Phi) is 4.40. The van der Waals surface area contributed by atoms with Gasteiger partial charge in [0.1, 0.15) is 11.9 Å². The fourth-order valence-corrected chi connectivity index (χ4v) is 1.87. The van der Waals surface area contributed by atoms with Crippen LogP contribution >= 0.6 is 0 Å². The molecule has 5 heteroatoms. The van der Waals surface area contributed by atoms with Crippen molar-refractivity contribution in [2.24, 2.45) is 7.05 Å². The molecule has 1 amide bonds. The minimum absolute atomic E-state index is 0.0789. The highest BCUT2D eigenvalue weighted by molar-refractivity contribution is 5.95. The van der Waals surface area contributed by atoms with Gasteiger partial charge in [0.05, 0.1) is 18.3 Å². The van der Waals surface area contributed by atoms with Crippen LogP contribution in [0.1, 0.15) is 23.0 Å². The van der Waals surface area contributed by atoms with Gasteiger partial charge in [-0.15, -0.1) is 0 Å². The van der Waals surface area contributed by atoms with Crippen LogP contribution in [-0.4, -0.2) is 28.1 Å². The summed E-state index contributed by atoms with van der Waals surface area (Å²) in [6.45, 7) is 4.28. The first kappa shape index (κ1) is 14.1. The lowest BCUT2D eigenvalue weighted by molar-refractivity contribution is 0.0931. The monoisotopic (exact) mass is 273 g/mol. The van der Waals surface area contributed by atoms with Gasteiger partial charge in [-0.05, 0) is 32.0 Å². The maximum Gasteiger partial charge on any atom is 0.253 e. The molecule has 2 aromatic rings. The first-order chi connectivity index (χ1) is 9.58. The molecule has 106 valence electrons. The summed E-state index contributed by atoms with van der Waals surface area (Å²) in [4.78, 5) is 16.0. The predicted molar refractivity (Wildman–Crippen MR) is 76.8 cm³/mol. The van der Waals surface area contributed by atoms with Gasteiger partial charge in [-0.3, -0.25) is 9.78 Å². The van der Waals surface area contributed by atoms with Crippen molar-refractivity contribution in [3.05, 3.63) is 48.0 Å². The molecule has 2 rings (SSSR count). The predicted octanol–water partition coefficient (Wildman–Crippen LogP) is 1.93. The summed E-state index contributed by atoms with van der Waals surface area (Å²) < 4.78 is 7.57. The van der Waals surface area contributed by atoms with Crippen LogP contribution in [0.3, 0.4) is 0 Å². The zero-order valence-electron chi connectivity index (χ0n) is 12.0. The van der Waals surface area contributed by atoms with Crippen molar-refractivity contribution in [1.29, 1.82) is 0 Å². The number of aromatic nitrogens is 2. The van der Waals surface area contributed by atoms with E-state index in [-0.39, 0.29) is 12.0 Å². The van der Waals surface area contributed by atoms with Gasteiger partial charge < -0.3 is 14.6 Å². The van der Waals surface area contributed by atoms with Crippen LogP contribution in [0.5, 0.6) is 5.75 Å². The molecule has 0 aromatic carbocycles. The summed E-state index contributed by atoms with van der Waals surface area (Å²) in [5.74, 6) is 0.620. The Bertz CT molecular complexity index is 578. The van der Waals surface area contributed by atoms with Gasteiger partial charge in [0.2, 0.25) is 0 Å². The number of rotatable bonds is 5. The third-order valence-corrected chi connectivity index (χ3v) is 3.15. The number of carbonyl (C=O) groups excluding carboxylic acids is 1. The van der Waals surface area contributed by atoms with E-state index in [2.05, 4.69) is 10.3 Å². The third kappa shape index (κ3) is 3.38. The number of pyridine rings is 1. The number of hydrogen-bond acceptors (Lipinski definition) is 3. The summed E-state index contributed by atoms with van der Waals surface area (Å²) in [6.07, 6.45) is 5.10. The smallest absolute Gasteiger partial charge is 0.253 e. The molecule has 0 saturated carbocycles. The van der Waals surface area contributed by atoms with Crippen LogP contribution in [0.2, 0.25) is 0 Å². The molecule has 20 heavy (non-hydrogen) atoms. The summed E-state index contributed by atoms with van der Waals surface area (Å²) >= 11 is 0. The van der Waals surface area contributed by atoms with Gasteiger partial charge >= 0.3 is 0 Å². The molecule has 0 radical (unpaired) electrons. The van der Waals surface area contributed by atoms with Gasteiger partial charge in [0, 0.05) is 25.1 Å². The largest absolute Gasteiger partial charge is 0.487 e. The lowest BCUT2D eigenvalue weighted by Gasteiger charge is -2.15. The molecular formula is C15H19N3O2. The van der Waals surface area contributed by atoms with Gasteiger partial charge in [0.25, 0.3) is 5.91 Å². The highest BCUT2D eigenvalue weighted by atomic mass is 16.5. The minimum Gasteiger partial charge on any atom is -0.487 e. The molecule has 0 fully saturated rings. The molecule has 5 nitrogen and oxygen atoms in total. The van der Waals surface area contributed by atoms with Crippen molar-refractivity contribution in [3.8, 4) is 5.75 Å². The minimum atomic E-state index is -0.118. The van der Waals surface area contributed by atoms with Gasteiger partial charge in [0.15, 0.2) is 0 Å². The van der Waals surface area contributed by atoms with E-state index in [9.17, 15) is 4.79 Å². The van der Waals surface area contributed by atoms with Crippen molar-refractivity contribution >= 4 is 5.91 Å². The summed E-state index contributed by atoms with van der Waals surface area (Å²) in [7, 11) is 1.92. The van der Waals surface area contributed by atoms with Crippen molar-refractivity contribution < 1.29 is 9.53 Å². The normalized spacial score (nSPS) is 11.9. The van der Waals surface area contributed by atoms with E-state index in [1.165, 1.54) is 0 Å². The van der Waals surface area contributed by atoms with E-state index in [4.69, 9.17) is 4.74 Å². The van der Waals surface area contributed by atoms with Crippen molar-refractivity contribution in [2.75, 3.05) is 6.54 Å². The second kappa shape index (κ2) is 6.23. The fourth-order valence-electron chi connectivity index (χ4n) is 1.87. The summed E-state index contributed by atoms with van der Waals surface area (Å²) in [5.41, 5.74) is 1.64. The molecule has 1 atom stereocenters. The summed E-state index contributed by atoms with van der Waals surface area (Å²) in [6, 6.07) is 5.47. The van der Waals surface area contributed by atoms with E-state index >= 15 is 0 Å². The first-order valence-electron chi connectivity index (χ1n) is 6.54. The Morgan fingerprint density at radius 2 is 2.30 bits per heavy atom. The molecule has 0 saturated heterocycles. The number of nitrogens with one attached hydrogen (secondary N) is 1. The van der Waals surface area contributed by atoms with Crippen molar-refractivity contribution in [3.63, 3.8) is 0 Å². The maximum atomic E-state index is 12.0. The average Bonchev–Trinajstić information content (AvgIpc) is 2.78. The highest BCUT2D eigenvalue weighted by Crippen LogP contribution is 2.10. The van der Waals surface area contributed by atoms with Gasteiger partial charge in [-0.25, -0.2) is 0 Å². The maximum absolute atomic E-state index is 12.0. The highest BCUT2D eigenvalue weighted by Gasteiger charge is 2.12. The average molecular weight is 273 g/mol. The van der Waals surface area contributed by atoms with Crippen LogP contribution in [0.4, 0.5) is 0 Å². The molecule has 0 aliphatic rings. The molecule has 2 heterocycles. The standard InChI is InChI=1S/C15H19N3O2/c1-11(20-13-5-4-7-16-10-13)9-17-15(19)14-6-8-18(3)12(14)2/h4-8,10-11H,9H2,1-3H3,(H,17,19). The molecule has 0 spiro atoms. The van der Waals surface area contributed by atoms with E-state index in [1.807, 2.05) is 49.9 Å². The molecular weight excluding hydrogens is 254 g/mol. The topological polar surface area (TPSA) is 56.1 Å². The third-order valence-electron chi connectivity index (χ3n) is 3.15. The molecule has 0 aliphatic carbocycles. The van der Waals surface area contributed by atoms with Crippen LogP contribution in [0, 0.1) is 6.92 Å². The Labute approximate surface area is 118 Å². The number of aryl methyl sites for hydroxylation is 1. The number of carbonyl (C=O) groups is 1. The van der Waals surface area contributed by atoms with Gasteiger partial charge in [-0.2, -0.15) is 0 Å². The Hall–Kier alpha value is -2.30. The van der Waals surface area contributed by atoms with Crippen molar-refractivity contribution in [2.45, 2.75) is 20.0 Å². The molecule has 2 aromatic heterocycles. The lowest BCUT2D eigenvalue weighted by atomic mass is 10.2.